The summed E-state index contributed by atoms with van der Waals surface area (Å²) in [7, 11) is 0. The Balaban J connectivity index is 2.06. The Bertz CT molecular complexity index is 662. The van der Waals surface area contributed by atoms with Crippen LogP contribution in [0.5, 0.6) is 11.5 Å². The van der Waals surface area contributed by atoms with E-state index >= 15 is 0 Å². The van der Waals surface area contributed by atoms with Crippen LogP contribution in [-0.4, -0.2) is 41.3 Å². The molecule has 24 heavy (non-hydrogen) atoms. The molecule has 10 heteroatoms. The summed E-state index contributed by atoms with van der Waals surface area (Å²) < 4.78 is 10.2. The van der Waals surface area contributed by atoms with Gasteiger partial charge in [-0.3, -0.25) is 25.0 Å². The highest BCUT2D eigenvalue weighted by Crippen LogP contribution is 2.40. The van der Waals surface area contributed by atoms with Crippen LogP contribution in [0.25, 0.3) is 0 Å². The lowest BCUT2D eigenvalue weighted by atomic mass is 10.1. The van der Waals surface area contributed by atoms with Crippen LogP contribution in [0.4, 0.5) is 11.4 Å². The van der Waals surface area contributed by atoms with Gasteiger partial charge in [-0.2, -0.15) is 0 Å². The third-order valence-corrected chi connectivity index (χ3v) is 3.35. The van der Waals surface area contributed by atoms with E-state index in [-0.39, 0.29) is 30.5 Å². The average Bonchev–Trinajstić information content (AvgIpc) is 2.97. The fourth-order valence-electron chi connectivity index (χ4n) is 2.19. The molecule has 1 atom stereocenters. The standard InChI is InChI=1S/C14H17N3O7/c1-2-3-8(14(19)20)15-6-13(18)16-9-4-11-12(24-7-23-11)5-10(9)17(21)22/h4-5,8,15H,2-3,6-7H2,1H3,(H,16,18)(H,19,20). The normalized spacial score (nSPS) is 13.4. The van der Waals surface area contributed by atoms with E-state index in [4.69, 9.17) is 14.6 Å². The van der Waals surface area contributed by atoms with E-state index in [1.807, 2.05) is 6.92 Å². The summed E-state index contributed by atoms with van der Waals surface area (Å²) >= 11 is 0. The number of carboxylic acids is 1. The monoisotopic (exact) mass is 339 g/mol. The third-order valence-electron chi connectivity index (χ3n) is 3.35. The van der Waals surface area contributed by atoms with Crippen molar-refractivity contribution in [1.82, 2.24) is 5.32 Å². The van der Waals surface area contributed by atoms with E-state index in [0.717, 1.165) is 0 Å². The Morgan fingerprint density at radius 2 is 2.04 bits per heavy atom. The number of nitrogens with one attached hydrogen (secondary N) is 2. The van der Waals surface area contributed by atoms with Crippen molar-refractivity contribution in [2.45, 2.75) is 25.8 Å². The quantitative estimate of drug-likeness (QED) is 0.472. The summed E-state index contributed by atoms with van der Waals surface area (Å²) in [4.78, 5) is 33.4. The molecule has 1 unspecified atom stereocenters. The first-order valence-corrected chi connectivity index (χ1v) is 7.26. The number of nitro benzene ring substituents is 1. The predicted molar refractivity (Wildman–Crippen MR) is 82.2 cm³/mol. The fraction of sp³-hybridized carbons (Fsp3) is 0.429. The summed E-state index contributed by atoms with van der Waals surface area (Å²) in [5.41, 5.74) is -0.380. The highest BCUT2D eigenvalue weighted by atomic mass is 16.7. The number of fused-ring (bicyclic) bond motifs is 1. The lowest BCUT2D eigenvalue weighted by Crippen LogP contribution is -2.41. The molecule has 0 bridgehead atoms. The molecule has 1 aromatic carbocycles. The topological polar surface area (TPSA) is 140 Å². The van der Waals surface area contributed by atoms with Crippen LogP contribution in [-0.2, 0) is 9.59 Å². The zero-order valence-electron chi connectivity index (χ0n) is 12.9. The second-order valence-electron chi connectivity index (χ2n) is 5.09. The van der Waals surface area contributed by atoms with Gasteiger partial charge in [0.15, 0.2) is 11.5 Å². The lowest BCUT2D eigenvalue weighted by molar-refractivity contribution is -0.384. The first-order chi connectivity index (χ1) is 11.4. The van der Waals surface area contributed by atoms with Crippen molar-refractivity contribution in [3.8, 4) is 11.5 Å². The van der Waals surface area contributed by atoms with Crippen molar-refractivity contribution < 1.29 is 29.1 Å². The van der Waals surface area contributed by atoms with Gasteiger partial charge < -0.3 is 19.9 Å². The Hall–Kier alpha value is -2.88. The molecule has 0 saturated heterocycles. The average molecular weight is 339 g/mol. The first kappa shape index (κ1) is 17.5. The van der Waals surface area contributed by atoms with Gasteiger partial charge in [-0.05, 0) is 6.42 Å². The number of ether oxygens (including phenoxy) is 2. The summed E-state index contributed by atoms with van der Waals surface area (Å²) in [6, 6.07) is 1.62. The van der Waals surface area contributed by atoms with Crippen molar-refractivity contribution in [2.24, 2.45) is 0 Å². The molecule has 1 amide bonds. The molecule has 0 spiro atoms. The van der Waals surface area contributed by atoms with Crippen LogP contribution in [0.2, 0.25) is 0 Å². The van der Waals surface area contributed by atoms with Crippen molar-refractivity contribution in [2.75, 3.05) is 18.7 Å². The molecule has 1 aliphatic heterocycles. The van der Waals surface area contributed by atoms with Gasteiger partial charge in [0.1, 0.15) is 11.7 Å². The second-order valence-corrected chi connectivity index (χ2v) is 5.09. The number of carbonyl (C=O) groups excluding carboxylic acids is 1. The Morgan fingerprint density at radius 3 is 2.62 bits per heavy atom. The molecule has 1 aliphatic rings. The van der Waals surface area contributed by atoms with Gasteiger partial charge in [-0.25, -0.2) is 0 Å². The molecule has 0 fully saturated rings. The van der Waals surface area contributed by atoms with Crippen LogP contribution < -0.4 is 20.1 Å². The molecule has 1 heterocycles. The third kappa shape index (κ3) is 4.10. The molecular formula is C14H17N3O7. The van der Waals surface area contributed by atoms with E-state index < -0.39 is 22.8 Å². The zero-order chi connectivity index (χ0) is 17.7. The van der Waals surface area contributed by atoms with Crippen molar-refractivity contribution in [1.29, 1.82) is 0 Å². The predicted octanol–water partition coefficient (Wildman–Crippen LogP) is 1.10. The first-order valence-electron chi connectivity index (χ1n) is 7.26. The molecule has 2 rings (SSSR count). The highest BCUT2D eigenvalue weighted by molar-refractivity contribution is 5.95. The number of rotatable bonds is 8. The number of nitrogens with zero attached hydrogens (tertiary/aromatic N) is 1. The van der Waals surface area contributed by atoms with E-state index in [1.165, 1.54) is 12.1 Å². The van der Waals surface area contributed by atoms with Gasteiger partial charge in [0.2, 0.25) is 12.7 Å². The van der Waals surface area contributed by atoms with Gasteiger partial charge in [0.05, 0.1) is 17.5 Å². The van der Waals surface area contributed by atoms with E-state index in [9.17, 15) is 19.7 Å². The number of nitro groups is 1. The van der Waals surface area contributed by atoms with Crippen LogP contribution >= 0.6 is 0 Å². The minimum Gasteiger partial charge on any atom is -0.480 e. The Labute approximate surface area is 136 Å². The minimum atomic E-state index is -1.06. The molecule has 10 nitrogen and oxygen atoms in total. The number of anilines is 1. The minimum absolute atomic E-state index is 0.0431. The summed E-state index contributed by atoms with van der Waals surface area (Å²) in [5, 5.41) is 25.1. The van der Waals surface area contributed by atoms with Gasteiger partial charge in [0.25, 0.3) is 5.69 Å². The molecule has 0 radical (unpaired) electrons. The zero-order valence-corrected chi connectivity index (χ0v) is 12.9. The maximum atomic E-state index is 12.0. The summed E-state index contributed by atoms with van der Waals surface area (Å²) in [6.07, 6.45) is 1.01. The number of benzene rings is 1. The highest BCUT2D eigenvalue weighted by Gasteiger charge is 2.25. The number of carboxylic acid groups (broad SMARTS) is 1. The van der Waals surface area contributed by atoms with E-state index in [2.05, 4.69) is 10.6 Å². The molecule has 130 valence electrons. The van der Waals surface area contributed by atoms with Gasteiger partial charge >= 0.3 is 5.97 Å². The number of aliphatic carboxylic acids is 1. The van der Waals surface area contributed by atoms with Gasteiger partial charge in [0, 0.05) is 6.07 Å². The van der Waals surface area contributed by atoms with Crippen LogP contribution in [0.1, 0.15) is 19.8 Å². The van der Waals surface area contributed by atoms with E-state index in [0.29, 0.717) is 18.6 Å². The van der Waals surface area contributed by atoms with Crippen molar-refractivity contribution >= 4 is 23.3 Å². The molecular weight excluding hydrogens is 322 g/mol. The SMILES string of the molecule is CCCC(NCC(=O)Nc1cc2c(cc1[N+](=O)[O-])OCO2)C(=O)O. The number of carbonyl (C=O) groups is 2. The molecule has 0 saturated carbocycles. The van der Waals surface area contributed by atoms with Crippen LogP contribution in [0.3, 0.4) is 0 Å². The summed E-state index contributed by atoms with van der Waals surface area (Å²) in [6.45, 7) is 1.49. The van der Waals surface area contributed by atoms with Crippen LogP contribution in [0, 0.1) is 10.1 Å². The lowest BCUT2D eigenvalue weighted by Gasteiger charge is -2.13. The van der Waals surface area contributed by atoms with Crippen molar-refractivity contribution in [3.05, 3.63) is 22.2 Å². The van der Waals surface area contributed by atoms with Gasteiger partial charge in [-0.15, -0.1) is 0 Å². The molecule has 3 N–H and O–H groups in total. The maximum Gasteiger partial charge on any atom is 0.320 e. The maximum absolute atomic E-state index is 12.0. The largest absolute Gasteiger partial charge is 0.480 e. The van der Waals surface area contributed by atoms with Crippen molar-refractivity contribution in [3.63, 3.8) is 0 Å². The number of amides is 1. The number of hydrogen-bond acceptors (Lipinski definition) is 7. The molecule has 0 aliphatic carbocycles. The Morgan fingerprint density at radius 1 is 1.38 bits per heavy atom. The van der Waals surface area contributed by atoms with Gasteiger partial charge in [-0.1, -0.05) is 13.3 Å². The summed E-state index contributed by atoms with van der Waals surface area (Å²) in [5.74, 6) is -1.14. The second kappa shape index (κ2) is 7.59. The number of hydrogen-bond donors (Lipinski definition) is 3. The molecule has 1 aromatic rings. The fourth-order valence-corrected chi connectivity index (χ4v) is 2.19. The smallest absolute Gasteiger partial charge is 0.320 e. The van der Waals surface area contributed by atoms with Crippen LogP contribution in [0.15, 0.2) is 12.1 Å². The Kier molecular flexibility index (Phi) is 5.53. The van der Waals surface area contributed by atoms with E-state index in [1.54, 1.807) is 0 Å². The molecule has 0 aromatic heterocycles.